The number of hydrogen-bond donors (Lipinski definition) is 1. The Morgan fingerprint density at radius 1 is 1.45 bits per heavy atom. The van der Waals surface area contributed by atoms with Crippen LogP contribution >= 0.6 is 0 Å². The van der Waals surface area contributed by atoms with Crippen molar-refractivity contribution in [1.82, 2.24) is 10.2 Å². The van der Waals surface area contributed by atoms with Crippen molar-refractivity contribution in [3.8, 4) is 0 Å². The fourth-order valence-electron chi connectivity index (χ4n) is 3.49. The summed E-state index contributed by atoms with van der Waals surface area (Å²) in [7, 11) is 0. The van der Waals surface area contributed by atoms with Crippen molar-refractivity contribution in [3.63, 3.8) is 0 Å². The highest BCUT2D eigenvalue weighted by Gasteiger charge is 2.26. The van der Waals surface area contributed by atoms with E-state index in [-0.39, 0.29) is 5.91 Å². The van der Waals surface area contributed by atoms with Crippen LogP contribution in [0.5, 0.6) is 0 Å². The molecule has 1 unspecified atom stereocenters. The van der Waals surface area contributed by atoms with Gasteiger partial charge in [0.15, 0.2) is 0 Å². The molecule has 1 saturated heterocycles. The number of likely N-dealkylation sites (tertiary alicyclic amines) is 1. The number of fused-ring (bicyclic) bond motifs is 1. The van der Waals surface area contributed by atoms with Gasteiger partial charge in [0.25, 0.3) is 5.91 Å². The van der Waals surface area contributed by atoms with Gasteiger partial charge in [0, 0.05) is 25.2 Å². The van der Waals surface area contributed by atoms with Crippen molar-refractivity contribution in [1.29, 1.82) is 0 Å². The monoisotopic (exact) mass is 272 g/mol. The van der Waals surface area contributed by atoms with Gasteiger partial charge in [0.2, 0.25) is 0 Å². The maximum Gasteiger partial charge on any atom is 0.254 e. The summed E-state index contributed by atoms with van der Waals surface area (Å²) in [5.41, 5.74) is 3.52. The first kappa shape index (κ1) is 13.6. The van der Waals surface area contributed by atoms with Crippen LogP contribution < -0.4 is 5.32 Å². The zero-order chi connectivity index (χ0) is 13.9. The number of rotatable bonds is 2. The molecule has 1 aromatic carbocycles. The number of amides is 1. The van der Waals surface area contributed by atoms with Crippen molar-refractivity contribution >= 4 is 5.91 Å². The van der Waals surface area contributed by atoms with E-state index in [2.05, 4.69) is 23.2 Å². The Morgan fingerprint density at radius 3 is 3.20 bits per heavy atom. The van der Waals surface area contributed by atoms with E-state index in [0.717, 1.165) is 44.6 Å². The first-order valence-electron chi connectivity index (χ1n) is 7.90. The van der Waals surface area contributed by atoms with Gasteiger partial charge in [-0.05, 0) is 48.9 Å². The van der Waals surface area contributed by atoms with E-state index in [1.807, 2.05) is 12.1 Å². The molecule has 0 radical (unpaired) electrons. The Bertz CT molecular complexity index is 498. The minimum absolute atomic E-state index is 0.252. The number of hydrogen-bond acceptors (Lipinski definition) is 2. The fourth-order valence-corrected chi connectivity index (χ4v) is 3.49. The fraction of sp³-hybridized carbons (Fsp3) is 0.588. The van der Waals surface area contributed by atoms with Crippen LogP contribution in [0.4, 0.5) is 0 Å². The van der Waals surface area contributed by atoms with Gasteiger partial charge in [-0.15, -0.1) is 0 Å². The van der Waals surface area contributed by atoms with Gasteiger partial charge < -0.3 is 10.2 Å². The third-order valence-electron chi connectivity index (χ3n) is 4.75. The highest BCUT2D eigenvalue weighted by molar-refractivity contribution is 5.96. The van der Waals surface area contributed by atoms with Crippen molar-refractivity contribution < 1.29 is 4.79 Å². The van der Waals surface area contributed by atoms with E-state index < -0.39 is 0 Å². The molecule has 1 N–H and O–H groups in total. The minimum atomic E-state index is 0.252. The first-order chi connectivity index (χ1) is 9.79. The van der Waals surface area contributed by atoms with E-state index in [0.29, 0.717) is 5.92 Å². The summed E-state index contributed by atoms with van der Waals surface area (Å²) in [5.74, 6) is 0.941. The SMILES string of the molecule is CCC1CCCN(C(=O)c2cccc3c2CCNC3)C1. The summed E-state index contributed by atoms with van der Waals surface area (Å²) < 4.78 is 0. The van der Waals surface area contributed by atoms with Gasteiger partial charge in [-0.1, -0.05) is 25.5 Å². The molecule has 0 bridgehead atoms. The second-order valence-corrected chi connectivity index (χ2v) is 6.04. The molecule has 0 saturated carbocycles. The molecular formula is C17H24N2O. The van der Waals surface area contributed by atoms with Crippen LogP contribution in [-0.4, -0.2) is 30.4 Å². The van der Waals surface area contributed by atoms with Crippen LogP contribution in [0.2, 0.25) is 0 Å². The Labute approximate surface area is 121 Å². The predicted octanol–water partition coefficient (Wildman–Crippen LogP) is 2.59. The lowest BCUT2D eigenvalue weighted by Gasteiger charge is -2.33. The van der Waals surface area contributed by atoms with Gasteiger partial charge in [-0.3, -0.25) is 4.79 Å². The standard InChI is InChI=1S/C17H24N2O/c1-2-13-5-4-10-19(12-13)17(20)16-7-3-6-14-11-18-9-8-15(14)16/h3,6-7,13,18H,2,4-5,8-12H2,1H3. The van der Waals surface area contributed by atoms with Gasteiger partial charge in [0.1, 0.15) is 0 Å². The second kappa shape index (κ2) is 5.96. The van der Waals surface area contributed by atoms with Gasteiger partial charge in [-0.25, -0.2) is 0 Å². The van der Waals surface area contributed by atoms with Crippen LogP contribution in [0.3, 0.4) is 0 Å². The molecule has 1 atom stereocenters. The predicted molar refractivity (Wildman–Crippen MR) is 80.8 cm³/mol. The molecule has 3 rings (SSSR count). The summed E-state index contributed by atoms with van der Waals surface area (Å²) in [6, 6.07) is 6.19. The van der Waals surface area contributed by atoms with Crippen LogP contribution in [0.15, 0.2) is 18.2 Å². The molecule has 1 amide bonds. The highest BCUT2D eigenvalue weighted by Crippen LogP contribution is 2.24. The second-order valence-electron chi connectivity index (χ2n) is 6.04. The van der Waals surface area contributed by atoms with E-state index in [1.165, 1.54) is 24.0 Å². The zero-order valence-electron chi connectivity index (χ0n) is 12.3. The molecule has 1 aromatic rings. The number of piperidine rings is 1. The Kier molecular flexibility index (Phi) is 4.06. The lowest BCUT2D eigenvalue weighted by atomic mass is 9.92. The van der Waals surface area contributed by atoms with E-state index >= 15 is 0 Å². The van der Waals surface area contributed by atoms with Gasteiger partial charge >= 0.3 is 0 Å². The smallest absolute Gasteiger partial charge is 0.254 e. The molecule has 2 aliphatic rings. The molecule has 0 aromatic heterocycles. The molecule has 3 nitrogen and oxygen atoms in total. The number of benzene rings is 1. The highest BCUT2D eigenvalue weighted by atomic mass is 16.2. The maximum absolute atomic E-state index is 12.8. The number of carbonyl (C=O) groups excluding carboxylic acids is 1. The summed E-state index contributed by atoms with van der Waals surface area (Å²) in [4.78, 5) is 14.9. The van der Waals surface area contributed by atoms with Crippen molar-refractivity contribution in [2.24, 2.45) is 5.92 Å². The summed E-state index contributed by atoms with van der Waals surface area (Å²) in [6.45, 7) is 5.98. The molecule has 2 heterocycles. The third kappa shape index (κ3) is 2.59. The summed E-state index contributed by atoms with van der Waals surface area (Å²) in [5, 5.41) is 3.38. The normalized spacial score (nSPS) is 22.4. The van der Waals surface area contributed by atoms with Crippen LogP contribution in [0, 0.1) is 5.92 Å². The zero-order valence-corrected chi connectivity index (χ0v) is 12.3. The molecule has 1 fully saturated rings. The van der Waals surface area contributed by atoms with Crippen molar-refractivity contribution in [2.75, 3.05) is 19.6 Å². The van der Waals surface area contributed by atoms with Crippen LogP contribution in [0.1, 0.15) is 47.7 Å². The van der Waals surface area contributed by atoms with Crippen molar-refractivity contribution in [3.05, 3.63) is 34.9 Å². The summed E-state index contributed by atoms with van der Waals surface area (Å²) in [6.07, 6.45) is 4.58. The van der Waals surface area contributed by atoms with E-state index in [1.54, 1.807) is 0 Å². The lowest BCUT2D eigenvalue weighted by molar-refractivity contribution is 0.0670. The summed E-state index contributed by atoms with van der Waals surface area (Å²) >= 11 is 0. The Balaban J connectivity index is 1.83. The van der Waals surface area contributed by atoms with E-state index in [9.17, 15) is 4.79 Å². The molecule has 108 valence electrons. The number of carbonyl (C=O) groups is 1. The average Bonchev–Trinajstić information content (AvgIpc) is 2.53. The maximum atomic E-state index is 12.8. The molecule has 20 heavy (non-hydrogen) atoms. The number of nitrogens with one attached hydrogen (secondary N) is 1. The van der Waals surface area contributed by atoms with Gasteiger partial charge in [-0.2, -0.15) is 0 Å². The third-order valence-corrected chi connectivity index (χ3v) is 4.75. The minimum Gasteiger partial charge on any atom is -0.338 e. The molecule has 3 heteroatoms. The topological polar surface area (TPSA) is 32.3 Å². The molecule has 0 aliphatic carbocycles. The van der Waals surface area contributed by atoms with Gasteiger partial charge in [0.05, 0.1) is 0 Å². The first-order valence-corrected chi connectivity index (χ1v) is 7.90. The van der Waals surface area contributed by atoms with Crippen LogP contribution in [-0.2, 0) is 13.0 Å². The molecule has 2 aliphatic heterocycles. The number of nitrogens with zero attached hydrogens (tertiary/aromatic N) is 1. The molecule has 0 spiro atoms. The van der Waals surface area contributed by atoms with Crippen molar-refractivity contribution in [2.45, 2.75) is 39.2 Å². The Hall–Kier alpha value is -1.35. The largest absolute Gasteiger partial charge is 0.338 e. The lowest BCUT2D eigenvalue weighted by Crippen LogP contribution is -2.40. The molecular weight excluding hydrogens is 248 g/mol. The van der Waals surface area contributed by atoms with E-state index in [4.69, 9.17) is 0 Å². The quantitative estimate of drug-likeness (QED) is 0.897. The Morgan fingerprint density at radius 2 is 2.35 bits per heavy atom. The van der Waals surface area contributed by atoms with Crippen LogP contribution in [0.25, 0.3) is 0 Å². The average molecular weight is 272 g/mol.